The minimum atomic E-state index is -0.806. The SMILES string of the molecule is COCC(C)Nc1nccn1C(C)CS(C)=O. The van der Waals surface area contributed by atoms with Crippen molar-refractivity contribution in [2.24, 2.45) is 0 Å². The van der Waals surface area contributed by atoms with Gasteiger partial charge in [-0.25, -0.2) is 4.98 Å². The second-order valence-corrected chi connectivity index (χ2v) is 5.73. The van der Waals surface area contributed by atoms with Crippen molar-refractivity contribution in [3.05, 3.63) is 12.4 Å². The number of nitrogens with one attached hydrogen (secondary N) is 1. The van der Waals surface area contributed by atoms with Crippen LogP contribution in [-0.2, 0) is 15.5 Å². The first-order chi connectivity index (χ1) is 8.04. The van der Waals surface area contributed by atoms with Crippen LogP contribution in [0, 0.1) is 0 Å². The third-order valence-electron chi connectivity index (χ3n) is 2.41. The van der Waals surface area contributed by atoms with E-state index in [1.807, 2.05) is 24.6 Å². The fourth-order valence-corrected chi connectivity index (χ4v) is 2.55. The molecule has 17 heavy (non-hydrogen) atoms. The summed E-state index contributed by atoms with van der Waals surface area (Å²) in [6, 6.07) is 0.362. The molecule has 0 radical (unpaired) electrons. The van der Waals surface area contributed by atoms with E-state index in [4.69, 9.17) is 4.74 Å². The first-order valence-electron chi connectivity index (χ1n) is 5.63. The second-order valence-electron chi connectivity index (χ2n) is 4.25. The highest BCUT2D eigenvalue weighted by Crippen LogP contribution is 2.15. The molecular weight excluding hydrogens is 238 g/mol. The summed E-state index contributed by atoms with van der Waals surface area (Å²) < 4.78 is 18.3. The third-order valence-corrected chi connectivity index (χ3v) is 3.36. The van der Waals surface area contributed by atoms with Gasteiger partial charge >= 0.3 is 0 Å². The topological polar surface area (TPSA) is 56.1 Å². The number of nitrogens with zero attached hydrogens (tertiary/aromatic N) is 2. The Bertz CT molecular complexity index is 367. The lowest BCUT2D eigenvalue weighted by atomic mass is 10.3. The van der Waals surface area contributed by atoms with Gasteiger partial charge in [-0.3, -0.25) is 4.21 Å². The van der Waals surface area contributed by atoms with Gasteiger partial charge in [0, 0.05) is 54.4 Å². The monoisotopic (exact) mass is 259 g/mol. The lowest BCUT2D eigenvalue weighted by Gasteiger charge is -2.18. The largest absolute Gasteiger partial charge is 0.383 e. The molecule has 1 N–H and O–H groups in total. The summed E-state index contributed by atoms with van der Waals surface area (Å²) in [5, 5.41) is 3.27. The normalized spacial score (nSPS) is 16.5. The Morgan fingerprint density at radius 3 is 2.88 bits per heavy atom. The lowest BCUT2D eigenvalue weighted by molar-refractivity contribution is 0.190. The molecule has 1 aromatic heterocycles. The summed E-state index contributed by atoms with van der Waals surface area (Å²) >= 11 is 0. The van der Waals surface area contributed by atoms with Crippen molar-refractivity contribution in [3.8, 4) is 0 Å². The molecule has 6 heteroatoms. The van der Waals surface area contributed by atoms with Crippen LogP contribution in [0.25, 0.3) is 0 Å². The molecule has 0 saturated carbocycles. The fraction of sp³-hybridized carbons (Fsp3) is 0.727. The molecule has 0 aliphatic heterocycles. The van der Waals surface area contributed by atoms with Crippen molar-refractivity contribution < 1.29 is 8.95 Å². The van der Waals surface area contributed by atoms with E-state index in [2.05, 4.69) is 10.3 Å². The highest BCUT2D eigenvalue weighted by Gasteiger charge is 2.12. The molecule has 0 bridgehead atoms. The summed E-state index contributed by atoms with van der Waals surface area (Å²) in [6.07, 6.45) is 5.37. The molecule has 1 aromatic rings. The molecule has 0 aliphatic rings. The smallest absolute Gasteiger partial charge is 0.203 e. The van der Waals surface area contributed by atoms with Crippen LogP contribution < -0.4 is 5.32 Å². The van der Waals surface area contributed by atoms with Crippen LogP contribution in [0.1, 0.15) is 19.9 Å². The Morgan fingerprint density at radius 1 is 1.59 bits per heavy atom. The van der Waals surface area contributed by atoms with E-state index in [0.29, 0.717) is 12.4 Å². The van der Waals surface area contributed by atoms with Gasteiger partial charge in [0.2, 0.25) is 5.95 Å². The van der Waals surface area contributed by atoms with Gasteiger partial charge in [-0.05, 0) is 13.8 Å². The highest BCUT2D eigenvalue weighted by atomic mass is 32.2. The van der Waals surface area contributed by atoms with Crippen LogP contribution >= 0.6 is 0 Å². The van der Waals surface area contributed by atoms with Gasteiger partial charge in [0.15, 0.2) is 0 Å². The molecule has 0 fully saturated rings. The van der Waals surface area contributed by atoms with E-state index in [0.717, 1.165) is 5.95 Å². The van der Waals surface area contributed by atoms with Crippen molar-refractivity contribution in [3.63, 3.8) is 0 Å². The van der Waals surface area contributed by atoms with Gasteiger partial charge in [0.25, 0.3) is 0 Å². The summed E-state index contributed by atoms with van der Waals surface area (Å²) in [4.78, 5) is 4.26. The van der Waals surface area contributed by atoms with Gasteiger partial charge in [0.05, 0.1) is 6.61 Å². The average Bonchev–Trinajstić information content (AvgIpc) is 2.65. The zero-order chi connectivity index (χ0) is 12.8. The highest BCUT2D eigenvalue weighted by molar-refractivity contribution is 7.84. The second kappa shape index (κ2) is 6.76. The molecule has 0 aliphatic carbocycles. The Balaban J connectivity index is 2.68. The third kappa shape index (κ3) is 4.47. The average molecular weight is 259 g/mol. The van der Waals surface area contributed by atoms with Gasteiger partial charge in [-0.1, -0.05) is 0 Å². The summed E-state index contributed by atoms with van der Waals surface area (Å²) in [5.74, 6) is 1.43. The van der Waals surface area contributed by atoms with Gasteiger partial charge in [0.1, 0.15) is 0 Å². The van der Waals surface area contributed by atoms with E-state index in [-0.39, 0.29) is 12.1 Å². The maximum absolute atomic E-state index is 11.2. The Morgan fingerprint density at radius 2 is 2.29 bits per heavy atom. The molecule has 0 aromatic carbocycles. The number of imidazole rings is 1. The molecule has 0 saturated heterocycles. The van der Waals surface area contributed by atoms with Crippen molar-refractivity contribution in [1.82, 2.24) is 9.55 Å². The first kappa shape index (κ1) is 14.2. The van der Waals surface area contributed by atoms with E-state index in [9.17, 15) is 4.21 Å². The standard InChI is InChI=1S/C11H21N3O2S/c1-9(7-16-3)13-11-12-5-6-14(11)10(2)8-17(4)15/h5-6,9-10H,7-8H2,1-4H3,(H,12,13). The number of hydrogen-bond donors (Lipinski definition) is 1. The van der Waals surface area contributed by atoms with Crippen LogP contribution in [-0.4, -0.2) is 45.5 Å². The number of methoxy groups -OCH3 is 1. The van der Waals surface area contributed by atoms with Crippen molar-refractivity contribution >= 4 is 16.7 Å². The van der Waals surface area contributed by atoms with Crippen molar-refractivity contribution in [1.29, 1.82) is 0 Å². The molecule has 1 rings (SSSR count). The summed E-state index contributed by atoms with van der Waals surface area (Å²) in [6.45, 7) is 4.70. The molecule has 1 heterocycles. The van der Waals surface area contributed by atoms with Crippen LogP contribution in [0.5, 0.6) is 0 Å². The predicted octanol–water partition coefficient (Wildman–Crippen LogP) is 1.27. The molecule has 3 atom stereocenters. The van der Waals surface area contributed by atoms with Crippen LogP contribution in [0.15, 0.2) is 12.4 Å². The van der Waals surface area contributed by atoms with Crippen LogP contribution in [0.3, 0.4) is 0 Å². The minimum absolute atomic E-state index is 0.167. The predicted molar refractivity (Wildman–Crippen MR) is 70.8 cm³/mol. The zero-order valence-corrected chi connectivity index (χ0v) is 11.7. The molecule has 3 unspecified atom stereocenters. The van der Waals surface area contributed by atoms with Crippen molar-refractivity contribution in [2.75, 3.05) is 31.0 Å². The number of aromatic nitrogens is 2. The molecular formula is C11H21N3O2S. The van der Waals surface area contributed by atoms with E-state index >= 15 is 0 Å². The number of rotatable bonds is 7. The van der Waals surface area contributed by atoms with Gasteiger partial charge < -0.3 is 14.6 Å². The Hall–Kier alpha value is -0.880. The van der Waals surface area contributed by atoms with Crippen LogP contribution in [0.2, 0.25) is 0 Å². The van der Waals surface area contributed by atoms with Gasteiger partial charge in [-0.2, -0.15) is 0 Å². The summed E-state index contributed by atoms with van der Waals surface area (Å²) in [7, 11) is 0.868. The number of anilines is 1. The lowest BCUT2D eigenvalue weighted by Crippen LogP contribution is -2.24. The number of ether oxygens (including phenoxy) is 1. The van der Waals surface area contributed by atoms with E-state index in [1.165, 1.54) is 0 Å². The maximum atomic E-state index is 11.2. The molecule has 5 nitrogen and oxygen atoms in total. The number of hydrogen-bond acceptors (Lipinski definition) is 4. The van der Waals surface area contributed by atoms with Crippen LogP contribution in [0.4, 0.5) is 5.95 Å². The fourth-order valence-electron chi connectivity index (χ4n) is 1.71. The van der Waals surface area contributed by atoms with Crippen molar-refractivity contribution in [2.45, 2.75) is 25.9 Å². The molecule has 0 amide bonds. The van der Waals surface area contributed by atoms with E-state index in [1.54, 1.807) is 19.6 Å². The maximum Gasteiger partial charge on any atom is 0.203 e. The quantitative estimate of drug-likeness (QED) is 0.801. The first-order valence-corrected chi connectivity index (χ1v) is 7.35. The zero-order valence-electron chi connectivity index (χ0n) is 10.8. The van der Waals surface area contributed by atoms with Gasteiger partial charge in [-0.15, -0.1) is 0 Å². The molecule has 98 valence electrons. The Kier molecular flexibility index (Phi) is 5.64. The Labute approximate surface area is 105 Å². The summed E-state index contributed by atoms with van der Waals surface area (Å²) in [5.41, 5.74) is 0. The minimum Gasteiger partial charge on any atom is -0.383 e. The molecule has 0 spiro atoms. The van der Waals surface area contributed by atoms with E-state index < -0.39 is 10.8 Å².